The van der Waals surface area contributed by atoms with E-state index in [4.69, 9.17) is 19.7 Å². The summed E-state index contributed by atoms with van der Waals surface area (Å²) in [5, 5.41) is 19.9. The third-order valence-corrected chi connectivity index (χ3v) is 2.48. The molecular formula is C12H24N2O6. The number of hydrogen-bond acceptors (Lipinski definition) is 5. The van der Waals surface area contributed by atoms with Gasteiger partial charge in [-0.25, -0.2) is 9.59 Å². The zero-order valence-electron chi connectivity index (χ0n) is 12.0. The molecule has 0 aromatic rings. The van der Waals surface area contributed by atoms with E-state index in [-0.39, 0.29) is 0 Å². The number of amides is 2. The second-order valence-electron chi connectivity index (χ2n) is 3.90. The molecule has 0 rings (SSSR count). The molecule has 0 spiro atoms. The number of carbonyl (C=O) groups excluding carboxylic acids is 1. The van der Waals surface area contributed by atoms with Crippen LogP contribution in [-0.2, 0) is 14.3 Å². The van der Waals surface area contributed by atoms with Gasteiger partial charge in [0, 0.05) is 26.3 Å². The Labute approximate surface area is 118 Å². The van der Waals surface area contributed by atoms with Gasteiger partial charge in [0.15, 0.2) is 6.04 Å². The van der Waals surface area contributed by atoms with Crippen LogP contribution in [0.3, 0.4) is 0 Å². The lowest BCUT2D eigenvalue weighted by Gasteiger charge is -2.24. The minimum atomic E-state index is -1.32. The molecule has 8 heteroatoms. The van der Waals surface area contributed by atoms with E-state index in [0.29, 0.717) is 39.5 Å². The van der Waals surface area contributed by atoms with E-state index in [9.17, 15) is 9.59 Å². The van der Waals surface area contributed by atoms with Crippen LogP contribution in [0.15, 0.2) is 0 Å². The lowest BCUT2D eigenvalue weighted by atomic mass is 10.3. The second-order valence-corrected chi connectivity index (χ2v) is 3.90. The number of carboxylic acid groups (broad SMARTS) is 1. The maximum atomic E-state index is 11.9. The maximum Gasteiger partial charge on any atom is 0.328 e. The Bertz CT molecular complexity index is 277. The standard InChI is InChI=1S/C12H24N2O6/c1-3-19-7-5-14(6-8-20-4-2)12(18)13-10(9-15)11(16)17/h10,15H,3-9H2,1-2H3,(H,13,18)(H,16,17)/t10-/m0/s1. The van der Waals surface area contributed by atoms with Crippen LogP contribution < -0.4 is 5.32 Å². The SMILES string of the molecule is CCOCCN(CCOCC)C(=O)N[C@@H](CO)C(=O)O. The lowest BCUT2D eigenvalue weighted by molar-refractivity contribution is -0.140. The molecule has 20 heavy (non-hydrogen) atoms. The molecule has 1 atom stereocenters. The highest BCUT2D eigenvalue weighted by molar-refractivity contribution is 5.82. The summed E-state index contributed by atoms with van der Waals surface area (Å²) in [4.78, 5) is 24.1. The van der Waals surface area contributed by atoms with Crippen molar-refractivity contribution >= 4 is 12.0 Å². The van der Waals surface area contributed by atoms with Crippen molar-refractivity contribution in [3.05, 3.63) is 0 Å². The van der Waals surface area contributed by atoms with Gasteiger partial charge >= 0.3 is 12.0 Å². The minimum Gasteiger partial charge on any atom is -0.480 e. The van der Waals surface area contributed by atoms with Crippen molar-refractivity contribution in [1.82, 2.24) is 10.2 Å². The van der Waals surface area contributed by atoms with E-state index in [1.54, 1.807) is 0 Å². The zero-order chi connectivity index (χ0) is 15.4. The molecule has 8 nitrogen and oxygen atoms in total. The molecule has 0 saturated carbocycles. The largest absolute Gasteiger partial charge is 0.480 e. The number of aliphatic hydroxyl groups excluding tert-OH is 1. The van der Waals surface area contributed by atoms with Crippen molar-refractivity contribution in [3.63, 3.8) is 0 Å². The number of aliphatic carboxylic acids is 1. The molecule has 0 unspecified atom stereocenters. The minimum absolute atomic E-state index is 0.324. The van der Waals surface area contributed by atoms with Gasteiger partial charge in [-0.2, -0.15) is 0 Å². The van der Waals surface area contributed by atoms with Crippen molar-refractivity contribution in [3.8, 4) is 0 Å². The number of carbonyl (C=O) groups is 2. The fraction of sp³-hybridized carbons (Fsp3) is 0.833. The van der Waals surface area contributed by atoms with Gasteiger partial charge in [-0.05, 0) is 13.8 Å². The molecule has 0 bridgehead atoms. The highest BCUT2D eigenvalue weighted by Crippen LogP contribution is 1.94. The summed E-state index contributed by atoms with van der Waals surface area (Å²) in [5.41, 5.74) is 0. The Morgan fingerprint density at radius 1 is 1.15 bits per heavy atom. The zero-order valence-corrected chi connectivity index (χ0v) is 12.0. The van der Waals surface area contributed by atoms with E-state index in [1.807, 2.05) is 13.8 Å². The van der Waals surface area contributed by atoms with Crippen LogP contribution in [0, 0.1) is 0 Å². The summed E-state index contributed by atoms with van der Waals surface area (Å²) in [7, 11) is 0. The number of nitrogens with one attached hydrogen (secondary N) is 1. The summed E-state index contributed by atoms with van der Waals surface area (Å²) >= 11 is 0. The molecular weight excluding hydrogens is 268 g/mol. The number of ether oxygens (including phenoxy) is 2. The average molecular weight is 292 g/mol. The molecule has 0 heterocycles. The van der Waals surface area contributed by atoms with Crippen LogP contribution in [0.4, 0.5) is 4.79 Å². The molecule has 3 N–H and O–H groups in total. The average Bonchev–Trinajstić information content (AvgIpc) is 2.42. The molecule has 0 aromatic carbocycles. The monoisotopic (exact) mass is 292 g/mol. The topological polar surface area (TPSA) is 108 Å². The first-order chi connectivity index (χ1) is 9.56. The van der Waals surface area contributed by atoms with E-state index in [0.717, 1.165) is 0 Å². The highest BCUT2D eigenvalue weighted by atomic mass is 16.5. The van der Waals surface area contributed by atoms with Crippen molar-refractivity contribution in [2.24, 2.45) is 0 Å². The molecule has 0 saturated heterocycles. The van der Waals surface area contributed by atoms with Gasteiger partial charge in [-0.1, -0.05) is 0 Å². The molecule has 0 aliphatic rings. The Kier molecular flexibility index (Phi) is 10.7. The number of aliphatic hydroxyl groups is 1. The van der Waals surface area contributed by atoms with Crippen LogP contribution in [0.5, 0.6) is 0 Å². The van der Waals surface area contributed by atoms with Crippen molar-refractivity contribution < 1.29 is 29.3 Å². The van der Waals surface area contributed by atoms with Crippen molar-refractivity contribution in [1.29, 1.82) is 0 Å². The maximum absolute atomic E-state index is 11.9. The molecule has 0 aliphatic carbocycles. The van der Waals surface area contributed by atoms with Crippen LogP contribution >= 0.6 is 0 Å². The quantitative estimate of drug-likeness (QED) is 0.444. The van der Waals surface area contributed by atoms with Crippen LogP contribution in [-0.4, -0.2) is 79.3 Å². The Morgan fingerprint density at radius 3 is 2.00 bits per heavy atom. The van der Waals surface area contributed by atoms with Gasteiger partial charge in [-0.3, -0.25) is 0 Å². The fourth-order valence-electron chi connectivity index (χ4n) is 1.38. The first-order valence-electron chi connectivity index (χ1n) is 6.61. The van der Waals surface area contributed by atoms with Crippen molar-refractivity contribution in [2.45, 2.75) is 19.9 Å². The smallest absolute Gasteiger partial charge is 0.328 e. The van der Waals surface area contributed by atoms with Crippen LogP contribution in [0.1, 0.15) is 13.8 Å². The van der Waals surface area contributed by atoms with E-state index in [2.05, 4.69) is 5.32 Å². The number of nitrogens with zero attached hydrogens (tertiary/aromatic N) is 1. The predicted molar refractivity (Wildman–Crippen MR) is 71.6 cm³/mol. The third-order valence-electron chi connectivity index (χ3n) is 2.48. The van der Waals surface area contributed by atoms with Gasteiger partial charge < -0.3 is 29.9 Å². The number of hydrogen-bond donors (Lipinski definition) is 3. The van der Waals surface area contributed by atoms with Crippen molar-refractivity contribution in [2.75, 3.05) is 46.1 Å². The summed E-state index contributed by atoms with van der Waals surface area (Å²) in [6, 6.07) is -1.88. The molecule has 0 aliphatic heterocycles. The Hall–Kier alpha value is -1.38. The molecule has 118 valence electrons. The summed E-state index contributed by atoms with van der Waals surface area (Å²) < 4.78 is 10.3. The molecule has 0 aromatic heterocycles. The lowest BCUT2D eigenvalue weighted by Crippen LogP contribution is -2.51. The van der Waals surface area contributed by atoms with E-state index in [1.165, 1.54) is 4.90 Å². The van der Waals surface area contributed by atoms with Crippen LogP contribution in [0.2, 0.25) is 0 Å². The van der Waals surface area contributed by atoms with E-state index < -0.39 is 24.6 Å². The first kappa shape index (κ1) is 18.6. The predicted octanol–water partition coefficient (Wildman–Crippen LogP) is -0.483. The third kappa shape index (κ3) is 7.93. The number of rotatable bonds is 11. The van der Waals surface area contributed by atoms with Gasteiger partial charge in [0.1, 0.15) is 0 Å². The van der Waals surface area contributed by atoms with Gasteiger partial charge in [0.2, 0.25) is 0 Å². The normalized spacial score (nSPS) is 11.9. The Morgan fingerprint density at radius 2 is 1.65 bits per heavy atom. The highest BCUT2D eigenvalue weighted by Gasteiger charge is 2.22. The van der Waals surface area contributed by atoms with E-state index >= 15 is 0 Å². The molecule has 0 radical (unpaired) electrons. The van der Waals surface area contributed by atoms with Crippen LogP contribution in [0.25, 0.3) is 0 Å². The van der Waals surface area contributed by atoms with Gasteiger partial charge in [-0.15, -0.1) is 0 Å². The Balaban J connectivity index is 4.39. The summed E-state index contributed by atoms with van der Waals surface area (Å²) in [6.45, 7) is 5.46. The second kappa shape index (κ2) is 11.4. The first-order valence-corrected chi connectivity index (χ1v) is 6.61. The number of urea groups is 1. The van der Waals surface area contributed by atoms with Gasteiger partial charge in [0.25, 0.3) is 0 Å². The molecule has 2 amide bonds. The van der Waals surface area contributed by atoms with Gasteiger partial charge in [0.05, 0.1) is 19.8 Å². The molecule has 0 fully saturated rings. The fourth-order valence-corrected chi connectivity index (χ4v) is 1.38. The summed E-state index contributed by atoms with van der Waals surface area (Å²) in [5.74, 6) is -1.28. The number of carboxylic acids is 1. The summed E-state index contributed by atoms with van der Waals surface area (Å²) in [6.07, 6.45) is 0.